The molecule has 2 aromatic rings. The molecule has 23 heavy (non-hydrogen) atoms. The average Bonchev–Trinajstić information content (AvgIpc) is 2.54. The fourth-order valence-electron chi connectivity index (χ4n) is 2.66. The van der Waals surface area contributed by atoms with E-state index < -0.39 is 0 Å². The number of ether oxygens (including phenoxy) is 2. The van der Waals surface area contributed by atoms with Gasteiger partial charge < -0.3 is 9.47 Å². The number of aryl methyl sites for hydroxylation is 2. The van der Waals surface area contributed by atoms with E-state index in [0.717, 1.165) is 29.9 Å². The summed E-state index contributed by atoms with van der Waals surface area (Å²) in [5.41, 5.74) is 3.40. The Bertz CT molecular complexity index is 668. The van der Waals surface area contributed by atoms with Crippen molar-refractivity contribution in [1.82, 2.24) is 0 Å². The number of nitrogens with zero attached hydrogens (tertiary/aromatic N) is 1. The second-order valence-corrected chi connectivity index (χ2v) is 5.77. The second kappa shape index (κ2) is 8.24. The summed E-state index contributed by atoms with van der Waals surface area (Å²) in [5, 5.41) is 9.40. The van der Waals surface area contributed by atoms with Crippen molar-refractivity contribution in [1.29, 1.82) is 5.26 Å². The van der Waals surface area contributed by atoms with Gasteiger partial charge in [0.2, 0.25) is 0 Å². The molecule has 0 bridgehead atoms. The van der Waals surface area contributed by atoms with Crippen LogP contribution in [0.15, 0.2) is 42.5 Å². The van der Waals surface area contributed by atoms with E-state index in [1.807, 2.05) is 36.4 Å². The topological polar surface area (TPSA) is 42.2 Å². The third kappa shape index (κ3) is 5.03. The first-order chi connectivity index (χ1) is 11.1. The Morgan fingerprint density at radius 3 is 2.43 bits per heavy atom. The summed E-state index contributed by atoms with van der Waals surface area (Å²) in [6, 6.07) is 16.3. The number of rotatable bonds is 7. The molecule has 3 nitrogen and oxygen atoms in total. The fraction of sp³-hybridized carbons (Fsp3) is 0.350. The third-order valence-corrected chi connectivity index (χ3v) is 3.75. The molecule has 0 radical (unpaired) electrons. The van der Waals surface area contributed by atoms with E-state index in [9.17, 15) is 5.26 Å². The normalized spacial score (nSPS) is 11.6. The minimum Gasteiger partial charge on any atom is -0.497 e. The Balaban J connectivity index is 1.87. The summed E-state index contributed by atoms with van der Waals surface area (Å²) in [7, 11) is 1.64. The van der Waals surface area contributed by atoms with Crippen molar-refractivity contribution in [3.63, 3.8) is 0 Å². The largest absolute Gasteiger partial charge is 0.497 e. The zero-order valence-electron chi connectivity index (χ0n) is 14.0. The number of methoxy groups -OCH3 is 1. The molecule has 0 spiro atoms. The molecule has 2 rings (SSSR count). The van der Waals surface area contributed by atoms with Crippen LogP contribution in [-0.4, -0.2) is 13.7 Å². The SMILES string of the molecule is COc1cccc(C(C#N)CCCOc2cc(C)cc(C)c2)c1. The van der Waals surface area contributed by atoms with E-state index >= 15 is 0 Å². The Labute approximate surface area is 138 Å². The molecule has 0 fully saturated rings. The van der Waals surface area contributed by atoms with Crippen LogP contribution in [-0.2, 0) is 0 Å². The molecule has 0 aliphatic heterocycles. The van der Waals surface area contributed by atoms with Crippen LogP contribution in [0.1, 0.15) is 35.4 Å². The van der Waals surface area contributed by atoms with Gasteiger partial charge in [-0.05, 0) is 67.6 Å². The highest BCUT2D eigenvalue weighted by Gasteiger charge is 2.11. The first kappa shape index (κ1) is 16.9. The molecule has 3 heteroatoms. The van der Waals surface area contributed by atoms with E-state index in [4.69, 9.17) is 9.47 Å². The van der Waals surface area contributed by atoms with E-state index in [1.54, 1.807) is 7.11 Å². The minimum atomic E-state index is -0.132. The zero-order chi connectivity index (χ0) is 16.7. The number of nitriles is 1. The van der Waals surface area contributed by atoms with Gasteiger partial charge in [-0.1, -0.05) is 18.2 Å². The standard InChI is InChI=1S/C20H23NO2/c1-15-10-16(2)12-20(11-15)23-9-5-7-18(14-21)17-6-4-8-19(13-17)22-3/h4,6,8,10-13,18H,5,7,9H2,1-3H3. The highest BCUT2D eigenvalue weighted by molar-refractivity contribution is 5.34. The summed E-state index contributed by atoms with van der Waals surface area (Å²) in [5.74, 6) is 1.56. The molecule has 0 saturated carbocycles. The third-order valence-electron chi connectivity index (χ3n) is 3.75. The molecule has 0 N–H and O–H groups in total. The van der Waals surface area contributed by atoms with Crippen LogP contribution in [0.4, 0.5) is 0 Å². The van der Waals surface area contributed by atoms with Crippen LogP contribution in [0.2, 0.25) is 0 Å². The Morgan fingerprint density at radius 1 is 1.04 bits per heavy atom. The van der Waals surface area contributed by atoms with Crippen molar-refractivity contribution in [3.8, 4) is 17.6 Å². The molecule has 0 heterocycles. The quantitative estimate of drug-likeness (QED) is 0.691. The molecule has 2 aromatic carbocycles. The fourth-order valence-corrected chi connectivity index (χ4v) is 2.66. The first-order valence-corrected chi connectivity index (χ1v) is 7.87. The molecule has 1 unspecified atom stereocenters. The predicted molar refractivity (Wildman–Crippen MR) is 92.0 cm³/mol. The lowest BCUT2D eigenvalue weighted by atomic mass is 9.96. The number of hydrogen-bond acceptors (Lipinski definition) is 3. The summed E-state index contributed by atoms with van der Waals surface area (Å²) in [4.78, 5) is 0. The summed E-state index contributed by atoms with van der Waals surface area (Å²) in [6.07, 6.45) is 1.61. The molecular weight excluding hydrogens is 286 g/mol. The van der Waals surface area contributed by atoms with Gasteiger partial charge in [-0.2, -0.15) is 5.26 Å². The van der Waals surface area contributed by atoms with Crippen molar-refractivity contribution >= 4 is 0 Å². The van der Waals surface area contributed by atoms with Gasteiger partial charge >= 0.3 is 0 Å². The van der Waals surface area contributed by atoms with Gasteiger partial charge in [0.25, 0.3) is 0 Å². The molecule has 1 atom stereocenters. The van der Waals surface area contributed by atoms with Crippen LogP contribution in [0.25, 0.3) is 0 Å². The maximum atomic E-state index is 9.40. The average molecular weight is 309 g/mol. The number of benzene rings is 2. The van der Waals surface area contributed by atoms with E-state index in [-0.39, 0.29) is 5.92 Å². The van der Waals surface area contributed by atoms with Crippen LogP contribution in [0.3, 0.4) is 0 Å². The van der Waals surface area contributed by atoms with E-state index in [2.05, 4.69) is 26.0 Å². The molecule has 0 aliphatic rings. The number of hydrogen-bond donors (Lipinski definition) is 0. The molecule has 0 aliphatic carbocycles. The Morgan fingerprint density at radius 2 is 1.78 bits per heavy atom. The van der Waals surface area contributed by atoms with Gasteiger partial charge in [0, 0.05) is 0 Å². The lowest BCUT2D eigenvalue weighted by Gasteiger charge is -2.12. The predicted octanol–water partition coefficient (Wildman–Crippen LogP) is 4.78. The molecular formula is C20H23NO2. The van der Waals surface area contributed by atoms with Crippen molar-refractivity contribution in [3.05, 3.63) is 59.2 Å². The molecule has 120 valence electrons. The van der Waals surface area contributed by atoms with Gasteiger partial charge in [-0.25, -0.2) is 0 Å². The van der Waals surface area contributed by atoms with E-state index in [0.29, 0.717) is 6.61 Å². The molecule has 0 amide bonds. The van der Waals surface area contributed by atoms with Crippen molar-refractivity contribution < 1.29 is 9.47 Å². The smallest absolute Gasteiger partial charge is 0.119 e. The van der Waals surface area contributed by atoms with Gasteiger partial charge in [0.1, 0.15) is 11.5 Å². The highest BCUT2D eigenvalue weighted by Crippen LogP contribution is 2.24. The summed E-state index contributed by atoms with van der Waals surface area (Å²) >= 11 is 0. The second-order valence-electron chi connectivity index (χ2n) is 5.77. The van der Waals surface area contributed by atoms with Crippen LogP contribution < -0.4 is 9.47 Å². The first-order valence-electron chi connectivity index (χ1n) is 7.87. The van der Waals surface area contributed by atoms with Crippen molar-refractivity contribution in [2.24, 2.45) is 0 Å². The Hall–Kier alpha value is -2.47. The van der Waals surface area contributed by atoms with Crippen molar-refractivity contribution in [2.75, 3.05) is 13.7 Å². The summed E-state index contributed by atoms with van der Waals surface area (Å²) < 4.78 is 11.0. The van der Waals surface area contributed by atoms with E-state index in [1.165, 1.54) is 11.1 Å². The lowest BCUT2D eigenvalue weighted by Crippen LogP contribution is -2.02. The van der Waals surface area contributed by atoms with Crippen LogP contribution >= 0.6 is 0 Å². The molecule has 0 saturated heterocycles. The van der Waals surface area contributed by atoms with Crippen molar-refractivity contribution in [2.45, 2.75) is 32.6 Å². The monoisotopic (exact) mass is 309 g/mol. The highest BCUT2D eigenvalue weighted by atomic mass is 16.5. The Kier molecular flexibility index (Phi) is 6.05. The summed E-state index contributed by atoms with van der Waals surface area (Å²) in [6.45, 7) is 4.74. The molecule has 0 aromatic heterocycles. The van der Waals surface area contributed by atoms with Gasteiger partial charge in [-0.15, -0.1) is 0 Å². The minimum absolute atomic E-state index is 0.132. The lowest BCUT2D eigenvalue weighted by molar-refractivity contribution is 0.304. The maximum absolute atomic E-state index is 9.40. The zero-order valence-corrected chi connectivity index (χ0v) is 14.0. The van der Waals surface area contributed by atoms with Gasteiger partial charge in [-0.3, -0.25) is 0 Å². The van der Waals surface area contributed by atoms with Gasteiger partial charge in [0.05, 0.1) is 25.7 Å². The van der Waals surface area contributed by atoms with Crippen LogP contribution in [0.5, 0.6) is 11.5 Å². The maximum Gasteiger partial charge on any atom is 0.119 e. The van der Waals surface area contributed by atoms with Gasteiger partial charge in [0.15, 0.2) is 0 Å². The van der Waals surface area contributed by atoms with Crippen LogP contribution in [0, 0.1) is 25.2 Å².